The molecule has 4 aliphatic heterocycles. The summed E-state index contributed by atoms with van der Waals surface area (Å²) in [7, 11) is -12.1. The molecule has 412 valence electrons. The van der Waals surface area contributed by atoms with Crippen LogP contribution in [0, 0.1) is 35.5 Å². The van der Waals surface area contributed by atoms with E-state index in [1.165, 1.54) is 19.6 Å². The zero-order valence-corrected chi connectivity index (χ0v) is 44.9. The molecule has 0 aromatic rings. The zero-order valence-electron chi connectivity index (χ0n) is 40.5. The number of carbonyl (C=O) groups excluding carboxylic acids is 8. The molecule has 23 nitrogen and oxygen atoms in total. The predicted molar refractivity (Wildman–Crippen MR) is 230 cm³/mol. The Morgan fingerprint density at radius 2 is 1.04 bits per heavy atom. The van der Waals surface area contributed by atoms with E-state index in [0.717, 1.165) is 38.5 Å². The predicted octanol–water partition coefficient (Wildman–Crippen LogP) is -1.99. The minimum atomic E-state index is -6.24. The Hall–Kier alpha value is -3.29. The van der Waals surface area contributed by atoms with Gasteiger partial charge in [0.15, 0.2) is 10.1 Å². The van der Waals surface area contributed by atoms with Crippen molar-refractivity contribution >= 4 is 78.9 Å². The number of nitrogens with one attached hydrogen (secondary N) is 1. The quantitative estimate of drug-likeness (QED) is 0.0226. The van der Waals surface area contributed by atoms with Crippen LogP contribution in [-0.2, 0) is 91.8 Å². The Morgan fingerprint density at radius 1 is 0.644 bits per heavy atom. The van der Waals surface area contributed by atoms with Gasteiger partial charge in [-0.15, -0.1) is 0 Å². The maximum absolute atomic E-state index is 12.9. The minimum Gasteiger partial charge on any atom is -0.743 e. The fourth-order valence-electron chi connectivity index (χ4n) is 9.33. The maximum Gasteiger partial charge on any atom is 1.00 e. The Labute approximate surface area is 445 Å². The van der Waals surface area contributed by atoms with Crippen molar-refractivity contribution in [3.8, 4) is 0 Å². The Morgan fingerprint density at radius 3 is 1.42 bits per heavy atom. The number of esters is 7. The SMILES string of the molecule is CC[NH+](CC)CC.O=C(CCC(=O)OC1C2CC3CC(C2)C(=O)OC1C3)OCCOC(=O)C(F)(F)S(=O)(=O)[O-].O=C(Cl)CCC(=O)OC1C2CC3CC(C2)C(=O)OC1C3.O=C(OCCO)C(F)(F)S(=O)(=O)O.[Na+]. The van der Waals surface area contributed by atoms with E-state index >= 15 is 0 Å². The molecule has 10 atom stereocenters. The number of ether oxygens (including phenoxy) is 7. The fourth-order valence-corrected chi connectivity index (χ4v) is 9.95. The number of hydrogen-bond donors (Lipinski definition) is 3. The van der Waals surface area contributed by atoms with Crippen LogP contribution >= 0.6 is 11.6 Å². The van der Waals surface area contributed by atoms with Crippen LogP contribution in [0.2, 0.25) is 0 Å². The summed E-state index contributed by atoms with van der Waals surface area (Å²) in [6.45, 7) is 7.37. The minimum absolute atomic E-state index is 0. The zero-order chi connectivity index (χ0) is 54.4. The molecule has 8 rings (SSSR count). The molecule has 4 saturated heterocycles. The summed E-state index contributed by atoms with van der Waals surface area (Å²) in [5.41, 5.74) is 0. The van der Waals surface area contributed by atoms with Gasteiger partial charge < -0.3 is 47.7 Å². The molecule has 4 aliphatic carbocycles. The molecule has 0 amide bonds. The van der Waals surface area contributed by atoms with Crippen molar-refractivity contribution in [1.82, 2.24) is 0 Å². The number of aliphatic hydroxyl groups is 1. The number of halogens is 5. The summed E-state index contributed by atoms with van der Waals surface area (Å²) >= 11 is 5.21. The van der Waals surface area contributed by atoms with Crippen LogP contribution in [0.4, 0.5) is 17.6 Å². The van der Waals surface area contributed by atoms with E-state index in [1.807, 2.05) is 0 Å². The van der Waals surface area contributed by atoms with Crippen molar-refractivity contribution in [1.29, 1.82) is 0 Å². The maximum atomic E-state index is 12.9. The average molecular weight is 1130 g/mol. The van der Waals surface area contributed by atoms with Gasteiger partial charge in [-0.25, -0.2) is 18.0 Å². The van der Waals surface area contributed by atoms with E-state index < -0.39 is 111 Å². The normalized spacial score (nSPS) is 26.5. The monoisotopic (exact) mass is 1130 g/mol. The Balaban J connectivity index is 0.000000379. The van der Waals surface area contributed by atoms with Gasteiger partial charge in [-0.3, -0.25) is 33.3 Å². The summed E-state index contributed by atoms with van der Waals surface area (Å²) in [5.74, 6) is -6.58. The van der Waals surface area contributed by atoms with Crippen LogP contribution in [0.1, 0.15) is 97.8 Å². The van der Waals surface area contributed by atoms with Gasteiger partial charge in [0.1, 0.15) is 44.2 Å². The molecule has 3 N–H and O–H groups in total. The molecule has 0 radical (unpaired) electrons. The van der Waals surface area contributed by atoms with Crippen molar-refractivity contribution in [2.45, 2.75) is 133 Å². The standard InChI is InChI=1S/C18H22F2O11S.C14H17ClO5.C6H15N.C4H6F2O6S.Na/c19-18(20,32(25,26)27)17(24)29-4-3-28-13(21)1-2-14(22)31-15-10-5-9-6-11(8-10)16(23)30-12(15)7-9;15-11(16)1-2-12(17)20-13-8-3-7-4-9(6-8)14(18)19-10(13)5-7;1-4-7(5-2)6-3;5-4(6,13(9,10)11)3(8)12-2-1-7;/h9-12,15H,1-8H2,(H,25,26,27);7-10,13H,1-6H2;4-6H2,1-3H3;7H,1-2H2,(H,9,10,11);/q;;;;+1. The molecule has 4 heterocycles. The van der Waals surface area contributed by atoms with Crippen LogP contribution in [0.25, 0.3) is 0 Å². The van der Waals surface area contributed by atoms with E-state index in [9.17, 15) is 77.3 Å². The van der Waals surface area contributed by atoms with Gasteiger partial charge in [0, 0.05) is 18.3 Å². The van der Waals surface area contributed by atoms with Gasteiger partial charge in [0.2, 0.25) is 5.24 Å². The molecule has 0 aromatic carbocycles. The van der Waals surface area contributed by atoms with Crippen LogP contribution in [-0.4, -0.2) is 159 Å². The third kappa shape index (κ3) is 19.3. The molecule has 10 unspecified atom stereocenters. The first-order valence-electron chi connectivity index (χ1n) is 23.1. The van der Waals surface area contributed by atoms with E-state index in [-0.39, 0.29) is 96.6 Å². The van der Waals surface area contributed by atoms with Gasteiger partial charge in [-0.1, -0.05) is 0 Å². The van der Waals surface area contributed by atoms with Crippen molar-refractivity contribution in [3.05, 3.63) is 0 Å². The number of rotatable bonds is 20. The second-order valence-electron chi connectivity index (χ2n) is 17.7. The van der Waals surface area contributed by atoms with Crippen molar-refractivity contribution in [3.63, 3.8) is 0 Å². The molecule has 8 aliphatic rings. The summed E-state index contributed by atoms with van der Waals surface area (Å²) in [5, 5.41) is -2.75. The molecular weight excluding hydrogens is 1070 g/mol. The van der Waals surface area contributed by atoms with Crippen LogP contribution in [0.15, 0.2) is 0 Å². The van der Waals surface area contributed by atoms with Crippen LogP contribution in [0.5, 0.6) is 0 Å². The first-order chi connectivity index (χ1) is 33.5. The Kier molecular flexibility index (Phi) is 26.4. The molecule has 4 saturated carbocycles. The number of quaternary nitrogens is 1. The molecular formula is C42H60ClF4NNaO22S2+. The van der Waals surface area contributed by atoms with E-state index in [0.29, 0.717) is 24.7 Å². The third-order valence-corrected chi connectivity index (χ3v) is 14.6. The van der Waals surface area contributed by atoms with Crippen molar-refractivity contribution in [2.75, 3.05) is 46.1 Å². The molecule has 31 heteroatoms. The second-order valence-corrected chi connectivity index (χ2v) is 21.0. The largest absolute Gasteiger partial charge is 1.00 e. The van der Waals surface area contributed by atoms with Gasteiger partial charge in [-0.2, -0.15) is 26.0 Å². The van der Waals surface area contributed by atoms with Gasteiger partial charge in [0.25, 0.3) is 0 Å². The van der Waals surface area contributed by atoms with Crippen LogP contribution in [0.3, 0.4) is 0 Å². The summed E-state index contributed by atoms with van der Waals surface area (Å²) in [6, 6.07) is 0. The molecule has 8 fully saturated rings. The number of aliphatic hydroxyl groups excluding tert-OH is 1. The van der Waals surface area contributed by atoms with Crippen LogP contribution < -0.4 is 34.5 Å². The summed E-state index contributed by atoms with van der Waals surface area (Å²) in [6.07, 6.45) is 3.77. The third-order valence-electron chi connectivity index (χ3n) is 12.8. The molecule has 8 bridgehead atoms. The molecule has 73 heavy (non-hydrogen) atoms. The molecule has 0 spiro atoms. The number of fused-ring (bicyclic) bond motifs is 2. The number of carbonyl (C=O) groups is 8. The van der Waals surface area contributed by atoms with Gasteiger partial charge in [-0.05, 0) is 95.6 Å². The average Bonchev–Trinajstić information content (AvgIpc) is 3.57. The number of hydrogen-bond acceptors (Lipinski definition) is 21. The van der Waals surface area contributed by atoms with E-state index in [1.54, 1.807) is 4.90 Å². The first kappa shape index (κ1) is 65.8. The van der Waals surface area contributed by atoms with E-state index in [2.05, 4.69) is 35.0 Å². The summed E-state index contributed by atoms with van der Waals surface area (Å²) in [4.78, 5) is 93.0. The second kappa shape index (κ2) is 29.3. The summed E-state index contributed by atoms with van der Waals surface area (Å²) < 4.78 is 143. The van der Waals surface area contributed by atoms with E-state index in [4.69, 9.17) is 40.2 Å². The number of alkyl halides is 4. The van der Waals surface area contributed by atoms with Crippen molar-refractivity contribution < 1.29 is 155 Å². The Bertz CT molecular complexity index is 2170. The fraction of sp³-hybridized carbons (Fsp3) is 0.810. The van der Waals surface area contributed by atoms with Gasteiger partial charge >= 0.3 is 92.0 Å². The molecule has 0 aromatic heterocycles. The smallest absolute Gasteiger partial charge is 0.743 e. The topological polar surface area (TPSA) is 337 Å². The van der Waals surface area contributed by atoms with Crippen molar-refractivity contribution in [2.24, 2.45) is 35.5 Å². The first-order valence-corrected chi connectivity index (χ1v) is 26.3. The van der Waals surface area contributed by atoms with Gasteiger partial charge in [0.05, 0.1) is 57.3 Å².